The summed E-state index contributed by atoms with van der Waals surface area (Å²) in [6, 6.07) is 5.30. The highest BCUT2D eigenvalue weighted by Crippen LogP contribution is 2.41. The van der Waals surface area contributed by atoms with E-state index in [1.54, 1.807) is 18.2 Å². The number of thiazole rings is 1. The molecule has 0 radical (unpaired) electrons. The number of halogens is 2. The van der Waals surface area contributed by atoms with Gasteiger partial charge in [0, 0.05) is 17.0 Å². The molecular weight excluding hydrogens is 313 g/mol. The average molecular weight is 326 g/mol. The van der Waals surface area contributed by atoms with E-state index in [9.17, 15) is 4.79 Å². The molecule has 0 amide bonds. The average Bonchev–Trinajstić information content (AvgIpc) is 2.74. The first-order chi connectivity index (χ1) is 9.35. The molecule has 0 aliphatic heterocycles. The van der Waals surface area contributed by atoms with Gasteiger partial charge in [-0.05, 0) is 30.0 Å². The molecule has 0 unspecified atom stereocenters. The Bertz CT molecular complexity index is 706. The van der Waals surface area contributed by atoms with Crippen LogP contribution in [0.25, 0.3) is 10.6 Å². The van der Waals surface area contributed by atoms with Crippen LogP contribution in [-0.2, 0) is 6.42 Å². The highest BCUT2D eigenvalue weighted by molar-refractivity contribution is 7.17. The summed E-state index contributed by atoms with van der Waals surface area (Å²) >= 11 is 13.6. The quantitative estimate of drug-likeness (QED) is 0.714. The van der Waals surface area contributed by atoms with Crippen molar-refractivity contribution in [1.82, 2.24) is 4.98 Å². The van der Waals surface area contributed by atoms with Crippen molar-refractivity contribution in [2.45, 2.75) is 26.7 Å². The number of hydrogen-bond donors (Lipinski definition) is 0. The van der Waals surface area contributed by atoms with Gasteiger partial charge in [0.25, 0.3) is 0 Å². The third-order valence-electron chi connectivity index (χ3n) is 3.39. The Morgan fingerprint density at radius 1 is 1.25 bits per heavy atom. The third-order valence-corrected chi connectivity index (χ3v) is 5.13. The van der Waals surface area contributed by atoms with Crippen molar-refractivity contribution in [2.24, 2.45) is 5.41 Å². The van der Waals surface area contributed by atoms with Gasteiger partial charge in [0.05, 0.1) is 15.6 Å². The molecule has 104 valence electrons. The highest BCUT2D eigenvalue weighted by atomic mass is 35.5. The molecule has 5 heteroatoms. The number of rotatable bonds is 1. The summed E-state index contributed by atoms with van der Waals surface area (Å²) in [5.74, 6) is 0.179. The Kier molecular flexibility index (Phi) is 3.39. The zero-order chi connectivity index (χ0) is 14.5. The van der Waals surface area contributed by atoms with E-state index in [1.807, 2.05) is 0 Å². The third kappa shape index (κ3) is 2.50. The maximum atomic E-state index is 12.2. The second-order valence-electron chi connectivity index (χ2n) is 5.86. The largest absolute Gasteiger partial charge is 0.293 e. The molecule has 20 heavy (non-hydrogen) atoms. The molecule has 1 aromatic heterocycles. The first kappa shape index (κ1) is 14.1. The molecule has 0 saturated heterocycles. The van der Waals surface area contributed by atoms with E-state index in [0.717, 1.165) is 27.6 Å². The van der Waals surface area contributed by atoms with Gasteiger partial charge in [-0.3, -0.25) is 4.79 Å². The number of carbonyl (C=O) groups excluding carboxylic acids is 1. The zero-order valence-electron chi connectivity index (χ0n) is 11.2. The normalized spacial score (nSPS) is 17.1. The lowest BCUT2D eigenvalue weighted by Crippen LogP contribution is -2.25. The van der Waals surface area contributed by atoms with Gasteiger partial charge >= 0.3 is 0 Å². The first-order valence-electron chi connectivity index (χ1n) is 6.34. The summed E-state index contributed by atoms with van der Waals surface area (Å²) < 4.78 is 0. The summed E-state index contributed by atoms with van der Waals surface area (Å²) in [7, 11) is 0. The minimum Gasteiger partial charge on any atom is -0.293 e. The number of aromatic nitrogens is 1. The van der Waals surface area contributed by atoms with Crippen LogP contribution in [0.2, 0.25) is 10.0 Å². The van der Waals surface area contributed by atoms with E-state index in [0.29, 0.717) is 16.5 Å². The monoisotopic (exact) mass is 325 g/mol. The Morgan fingerprint density at radius 3 is 2.75 bits per heavy atom. The number of ketones is 1. The van der Waals surface area contributed by atoms with Crippen LogP contribution < -0.4 is 0 Å². The van der Waals surface area contributed by atoms with Crippen molar-refractivity contribution >= 4 is 40.3 Å². The van der Waals surface area contributed by atoms with Gasteiger partial charge in [0.1, 0.15) is 5.01 Å². The van der Waals surface area contributed by atoms with Gasteiger partial charge < -0.3 is 0 Å². The lowest BCUT2D eigenvalue weighted by molar-refractivity contribution is 0.0916. The van der Waals surface area contributed by atoms with Crippen LogP contribution in [0.15, 0.2) is 18.2 Å². The molecule has 1 aliphatic rings. The number of benzene rings is 1. The Labute approximate surface area is 131 Å². The minimum absolute atomic E-state index is 0.0203. The Hall–Kier alpha value is -0.900. The summed E-state index contributed by atoms with van der Waals surface area (Å²) in [5.41, 5.74) is 1.67. The predicted octanol–water partition coefficient (Wildman–Crippen LogP) is 5.27. The van der Waals surface area contributed by atoms with Crippen molar-refractivity contribution in [3.63, 3.8) is 0 Å². The molecule has 2 aromatic rings. The molecule has 3 rings (SSSR count). The summed E-state index contributed by atoms with van der Waals surface area (Å²) in [5, 5.41) is 1.99. The van der Waals surface area contributed by atoms with Crippen LogP contribution in [0.1, 0.15) is 35.6 Å². The lowest BCUT2D eigenvalue weighted by Gasteiger charge is -2.26. The highest BCUT2D eigenvalue weighted by Gasteiger charge is 2.34. The van der Waals surface area contributed by atoms with Crippen LogP contribution >= 0.6 is 34.5 Å². The van der Waals surface area contributed by atoms with Crippen molar-refractivity contribution in [1.29, 1.82) is 0 Å². The minimum atomic E-state index is -0.0203. The van der Waals surface area contributed by atoms with E-state index >= 15 is 0 Å². The second kappa shape index (κ2) is 4.83. The van der Waals surface area contributed by atoms with Gasteiger partial charge in [-0.1, -0.05) is 37.0 Å². The molecular formula is C15H13Cl2NOS. The molecule has 1 heterocycles. The number of fused-ring (bicyclic) bond motifs is 1. The molecule has 2 nitrogen and oxygen atoms in total. The topological polar surface area (TPSA) is 30.0 Å². The van der Waals surface area contributed by atoms with Crippen molar-refractivity contribution < 1.29 is 4.79 Å². The number of carbonyl (C=O) groups is 1. The summed E-state index contributed by atoms with van der Waals surface area (Å²) in [6.07, 6.45) is 1.40. The van der Waals surface area contributed by atoms with Crippen LogP contribution in [0.4, 0.5) is 0 Å². The van der Waals surface area contributed by atoms with Crippen LogP contribution in [0.3, 0.4) is 0 Å². The molecule has 0 bridgehead atoms. The van der Waals surface area contributed by atoms with Gasteiger partial charge in [-0.2, -0.15) is 0 Å². The van der Waals surface area contributed by atoms with Gasteiger partial charge in [-0.25, -0.2) is 4.98 Å². The number of Topliss-reactive ketones (excluding diaryl/α,β-unsaturated/α-hetero) is 1. The standard InChI is InChI=1S/C15H13Cl2NOS/c1-15(2)6-11-13(12(19)7-15)20-14(18-11)9-5-8(16)3-4-10(9)17/h3-5H,6-7H2,1-2H3. The molecule has 0 spiro atoms. The fourth-order valence-corrected chi connectivity index (χ4v) is 3.98. The molecule has 1 aliphatic carbocycles. The van der Waals surface area contributed by atoms with Crippen LogP contribution in [-0.4, -0.2) is 10.8 Å². The SMILES string of the molecule is CC1(C)CC(=O)c2sc(-c3cc(Cl)ccc3Cl)nc2C1. The van der Waals surface area contributed by atoms with E-state index in [2.05, 4.69) is 18.8 Å². The lowest BCUT2D eigenvalue weighted by atomic mass is 9.78. The summed E-state index contributed by atoms with van der Waals surface area (Å²) in [4.78, 5) is 17.6. The summed E-state index contributed by atoms with van der Waals surface area (Å²) in [6.45, 7) is 4.19. The van der Waals surface area contributed by atoms with Crippen molar-refractivity contribution in [2.75, 3.05) is 0 Å². The maximum absolute atomic E-state index is 12.2. The predicted molar refractivity (Wildman–Crippen MR) is 84.0 cm³/mol. The smallest absolute Gasteiger partial charge is 0.175 e. The van der Waals surface area contributed by atoms with E-state index < -0.39 is 0 Å². The second-order valence-corrected chi connectivity index (χ2v) is 7.70. The molecule has 0 fully saturated rings. The van der Waals surface area contributed by atoms with Crippen LogP contribution in [0, 0.1) is 5.41 Å². The number of hydrogen-bond acceptors (Lipinski definition) is 3. The molecule has 0 saturated carbocycles. The Morgan fingerprint density at radius 2 is 2.00 bits per heavy atom. The van der Waals surface area contributed by atoms with Crippen molar-refractivity contribution in [3.8, 4) is 10.6 Å². The molecule has 0 N–H and O–H groups in total. The van der Waals surface area contributed by atoms with Gasteiger partial charge in [0.2, 0.25) is 0 Å². The fourth-order valence-electron chi connectivity index (χ4n) is 2.50. The zero-order valence-corrected chi connectivity index (χ0v) is 13.5. The van der Waals surface area contributed by atoms with Crippen LogP contribution in [0.5, 0.6) is 0 Å². The molecule has 0 atom stereocenters. The van der Waals surface area contributed by atoms with Gasteiger partial charge in [0.15, 0.2) is 5.78 Å². The Balaban J connectivity index is 2.10. The van der Waals surface area contributed by atoms with Gasteiger partial charge in [-0.15, -0.1) is 11.3 Å². The maximum Gasteiger partial charge on any atom is 0.175 e. The molecule has 1 aromatic carbocycles. The fraction of sp³-hybridized carbons (Fsp3) is 0.333. The van der Waals surface area contributed by atoms with Crippen molar-refractivity contribution in [3.05, 3.63) is 38.8 Å². The van der Waals surface area contributed by atoms with E-state index in [1.165, 1.54) is 11.3 Å². The number of nitrogens with zero attached hydrogens (tertiary/aromatic N) is 1. The van der Waals surface area contributed by atoms with E-state index in [4.69, 9.17) is 23.2 Å². The van der Waals surface area contributed by atoms with E-state index in [-0.39, 0.29) is 11.2 Å². The first-order valence-corrected chi connectivity index (χ1v) is 7.91.